The van der Waals surface area contributed by atoms with Gasteiger partial charge >= 0.3 is 0 Å². The molecule has 122 valence electrons. The second-order valence-electron chi connectivity index (χ2n) is 4.94. The van der Waals surface area contributed by atoms with Crippen molar-refractivity contribution in [2.45, 2.75) is 6.04 Å². The van der Waals surface area contributed by atoms with Gasteiger partial charge in [0.05, 0.1) is 4.92 Å². The van der Waals surface area contributed by atoms with Crippen LogP contribution in [0.3, 0.4) is 0 Å². The molecule has 1 atom stereocenters. The summed E-state index contributed by atoms with van der Waals surface area (Å²) >= 11 is 0. The number of nitrogens with one attached hydrogen (secondary N) is 1. The first-order valence-electron chi connectivity index (χ1n) is 7.04. The normalized spacial score (nSPS) is 11.8. The van der Waals surface area contributed by atoms with Crippen LogP contribution in [0, 0.1) is 10.1 Å². The fourth-order valence-electron chi connectivity index (χ4n) is 2.03. The molecule has 0 radical (unpaired) electrons. The molecule has 0 aromatic heterocycles. The summed E-state index contributed by atoms with van der Waals surface area (Å²) in [6, 6.07) is 13.4. The lowest BCUT2D eigenvalue weighted by Crippen LogP contribution is -2.36. The molecule has 2 amide bonds. The number of amides is 2. The highest BCUT2D eigenvalue weighted by Crippen LogP contribution is 2.14. The monoisotopic (exact) mass is 325 g/mol. The molecule has 2 rings (SSSR count). The number of rotatable bonds is 6. The Morgan fingerprint density at radius 2 is 1.71 bits per heavy atom. The summed E-state index contributed by atoms with van der Waals surface area (Å²) in [5.74, 6) is -1.17. The van der Waals surface area contributed by atoms with E-state index in [4.69, 9.17) is 5.73 Å². The minimum atomic E-state index is -0.930. The Morgan fingerprint density at radius 1 is 1.08 bits per heavy atom. The standard InChI is InChI=1S/C17H15N3O4/c18-17(22)16(13-4-2-1-3-5-13)19-15(21)11-8-12-6-9-14(10-7-12)20(23)24/h1-11,16H,(H2,18,22)(H,19,21)/b11-8+. The number of benzene rings is 2. The molecule has 0 aliphatic carbocycles. The lowest BCUT2D eigenvalue weighted by molar-refractivity contribution is -0.384. The third kappa shape index (κ3) is 4.51. The third-order valence-corrected chi connectivity index (χ3v) is 3.24. The molecular weight excluding hydrogens is 310 g/mol. The van der Waals surface area contributed by atoms with E-state index in [9.17, 15) is 19.7 Å². The van der Waals surface area contributed by atoms with Gasteiger partial charge in [0, 0.05) is 18.2 Å². The molecule has 0 heterocycles. The van der Waals surface area contributed by atoms with Gasteiger partial charge in [-0.25, -0.2) is 0 Å². The molecule has 0 fully saturated rings. The summed E-state index contributed by atoms with van der Waals surface area (Å²) in [5.41, 5.74) is 6.50. The van der Waals surface area contributed by atoms with Crippen LogP contribution in [0.5, 0.6) is 0 Å². The minimum absolute atomic E-state index is 0.0329. The Hall–Kier alpha value is -3.48. The molecule has 0 saturated heterocycles. The number of nitro groups is 1. The Labute approximate surface area is 137 Å². The summed E-state index contributed by atoms with van der Waals surface area (Å²) in [6.45, 7) is 0. The predicted molar refractivity (Wildman–Crippen MR) is 88.7 cm³/mol. The topological polar surface area (TPSA) is 115 Å². The number of primary amides is 1. The molecule has 2 aromatic carbocycles. The fraction of sp³-hybridized carbons (Fsp3) is 0.0588. The van der Waals surface area contributed by atoms with E-state index in [-0.39, 0.29) is 5.69 Å². The first-order valence-corrected chi connectivity index (χ1v) is 7.04. The van der Waals surface area contributed by atoms with Crippen molar-refractivity contribution in [3.63, 3.8) is 0 Å². The van der Waals surface area contributed by atoms with E-state index in [0.717, 1.165) is 0 Å². The summed E-state index contributed by atoms with van der Waals surface area (Å²) in [5, 5.41) is 13.1. The first kappa shape index (κ1) is 16.9. The van der Waals surface area contributed by atoms with Gasteiger partial charge in [0.1, 0.15) is 6.04 Å². The number of hydrogen-bond acceptors (Lipinski definition) is 4. The van der Waals surface area contributed by atoms with E-state index >= 15 is 0 Å². The smallest absolute Gasteiger partial charge is 0.269 e. The lowest BCUT2D eigenvalue weighted by atomic mass is 10.1. The molecule has 7 heteroatoms. The number of nitrogens with zero attached hydrogens (tertiary/aromatic N) is 1. The lowest BCUT2D eigenvalue weighted by Gasteiger charge is -2.14. The summed E-state index contributed by atoms with van der Waals surface area (Å²) < 4.78 is 0. The van der Waals surface area contributed by atoms with Crippen molar-refractivity contribution in [3.8, 4) is 0 Å². The number of hydrogen-bond donors (Lipinski definition) is 2. The molecular formula is C17H15N3O4. The highest BCUT2D eigenvalue weighted by atomic mass is 16.6. The maximum atomic E-state index is 12.0. The van der Waals surface area contributed by atoms with Crippen LogP contribution in [0.25, 0.3) is 6.08 Å². The van der Waals surface area contributed by atoms with Gasteiger partial charge < -0.3 is 11.1 Å². The van der Waals surface area contributed by atoms with Gasteiger partial charge in [0.15, 0.2) is 0 Å². The number of carbonyl (C=O) groups is 2. The van der Waals surface area contributed by atoms with Crippen LogP contribution >= 0.6 is 0 Å². The second kappa shape index (κ2) is 7.68. The van der Waals surface area contributed by atoms with Crippen molar-refractivity contribution < 1.29 is 14.5 Å². The zero-order chi connectivity index (χ0) is 17.5. The van der Waals surface area contributed by atoms with E-state index in [2.05, 4.69) is 5.32 Å². The van der Waals surface area contributed by atoms with Crippen molar-refractivity contribution in [2.24, 2.45) is 5.73 Å². The molecule has 0 aliphatic rings. The fourth-order valence-corrected chi connectivity index (χ4v) is 2.03. The number of non-ortho nitro benzene ring substituents is 1. The van der Waals surface area contributed by atoms with Crippen LogP contribution in [0.15, 0.2) is 60.7 Å². The quantitative estimate of drug-likeness (QED) is 0.480. The molecule has 1 unspecified atom stereocenters. The summed E-state index contributed by atoms with van der Waals surface area (Å²) in [4.78, 5) is 33.6. The molecule has 7 nitrogen and oxygen atoms in total. The molecule has 0 saturated carbocycles. The molecule has 3 N–H and O–H groups in total. The van der Waals surface area contributed by atoms with Gasteiger partial charge in [0.25, 0.3) is 5.69 Å². The first-order chi connectivity index (χ1) is 11.5. The van der Waals surface area contributed by atoms with Crippen LogP contribution in [0.4, 0.5) is 5.69 Å². The van der Waals surface area contributed by atoms with Gasteiger partial charge in [0.2, 0.25) is 11.8 Å². The van der Waals surface area contributed by atoms with E-state index in [1.54, 1.807) is 30.3 Å². The van der Waals surface area contributed by atoms with Crippen molar-refractivity contribution in [1.82, 2.24) is 5.32 Å². The molecule has 24 heavy (non-hydrogen) atoms. The van der Waals surface area contributed by atoms with Crippen molar-refractivity contribution in [2.75, 3.05) is 0 Å². The maximum Gasteiger partial charge on any atom is 0.269 e. The van der Waals surface area contributed by atoms with Gasteiger partial charge in [-0.1, -0.05) is 30.3 Å². The van der Waals surface area contributed by atoms with Crippen molar-refractivity contribution in [1.29, 1.82) is 0 Å². The Bertz CT molecular complexity index is 770. The molecule has 0 bridgehead atoms. The van der Waals surface area contributed by atoms with Crippen LogP contribution in [0.1, 0.15) is 17.2 Å². The van der Waals surface area contributed by atoms with Gasteiger partial charge in [-0.2, -0.15) is 0 Å². The number of carbonyl (C=O) groups excluding carboxylic acids is 2. The van der Waals surface area contributed by atoms with Crippen LogP contribution < -0.4 is 11.1 Å². The third-order valence-electron chi connectivity index (χ3n) is 3.24. The van der Waals surface area contributed by atoms with E-state index in [1.807, 2.05) is 0 Å². The maximum absolute atomic E-state index is 12.0. The van der Waals surface area contributed by atoms with Gasteiger partial charge in [-0.15, -0.1) is 0 Å². The average molecular weight is 325 g/mol. The minimum Gasteiger partial charge on any atom is -0.368 e. The Morgan fingerprint density at radius 3 is 2.25 bits per heavy atom. The van der Waals surface area contributed by atoms with Crippen LogP contribution in [0.2, 0.25) is 0 Å². The zero-order valence-corrected chi connectivity index (χ0v) is 12.6. The molecule has 0 spiro atoms. The highest BCUT2D eigenvalue weighted by Gasteiger charge is 2.18. The Balaban J connectivity index is 2.05. The summed E-state index contributed by atoms with van der Waals surface area (Å²) in [7, 11) is 0. The Kier molecular flexibility index (Phi) is 5.40. The van der Waals surface area contributed by atoms with Crippen LogP contribution in [-0.2, 0) is 9.59 Å². The average Bonchev–Trinajstić information content (AvgIpc) is 2.58. The van der Waals surface area contributed by atoms with Gasteiger partial charge in [-0.05, 0) is 29.3 Å². The predicted octanol–water partition coefficient (Wildman–Crippen LogP) is 1.95. The number of nitro benzene ring substituents is 1. The largest absolute Gasteiger partial charge is 0.368 e. The number of nitrogens with two attached hydrogens (primary N) is 1. The van der Waals surface area contributed by atoms with E-state index in [0.29, 0.717) is 11.1 Å². The van der Waals surface area contributed by atoms with E-state index in [1.165, 1.54) is 36.4 Å². The van der Waals surface area contributed by atoms with Crippen molar-refractivity contribution >= 4 is 23.6 Å². The van der Waals surface area contributed by atoms with E-state index < -0.39 is 22.8 Å². The summed E-state index contributed by atoms with van der Waals surface area (Å²) in [6.07, 6.45) is 2.72. The zero-order valence-electron chi connectivity index (χ0n) is 12.6. The van der Waals surface area contributed by atoms with Crippen LogP contribution in [-0.4, -0.2) is 16.7 Å². The SMILES string of the molecule is NC(=O)C(NC(=O)/C=C/c1ccc([N+](=O)[O-])cc1)c1ccccc1. The molecule has 2 aromatic rings. The highest BCUT2D eigenvalue weighted by molar-refractivity contribution is 5.95. The second-order valence-corrected chi connectivity index (χ2v) is 4.94. The van der Waals surface area contributed by atoms with Crippen molar-refractivity contribution in [3.05, 3.63) is 81.9 Å². The molecule has 0 aliphatic heterocycles. The van der Waals surface area contributed by atoms with Gasteiger partial charge in [-0.3, -0.25) is 19.7 Å².